The molecule has 0 bridgehead atoms. The summed E-state index contributed by atoms with van der Waals surface area (Å²) in [6.45, 7) is 1.75. The molecule has 2 rings (SSSR count). The Morgan fingerprint density at radius 3 is 2.52 bits per heavy atom. The number of carbonyl (C=O) groups is 1. The molecule has 0 aliphatic carbocycles. The van der Waals surface area contributed by atoms with Crippen LogP contribution in [0.25, 0.3) is 10.8 Å². The zero-order valence-electron chi connectivity index (χ0n) is 12.9. The summed E-state index contributed by atoms with van der Waals surface area (Å²) in [5.41, 5.74) is 1.48. The van der Waals surface area contributed by atoms with Crippen molar-refractivity contribution in [1.82, 2.24) is 9.79 Å². The molecule has 6 nitrogen and oxygen atoms in total. The number of hydrogen-bond acceptors (Lipinski definition) is 4. The van der Waals surface area contributed by atoms with E-state index in [-0.39, 0.29) is 11.4 Å². The minimum absolute atomic E-state index is 0.137. The zero-order valence-corrected chi connectivity index (χ0v) is 13.7. The molecule has 0 atom stereocenters. The Labute approximate surface area is 135 Å². The minimum Gasteiger partial charge on any atom is -0.289 e. The van der Waals surface area contributed by atoms with Crippen molar-refractivity contribution >= 4 is 26.7 Å². The van der Waals surface area contributed by atoms with Crippen LogP contribution < -0.4 is 5.48 Å². The molecule has 0 aliphatic heterocycles. The first-order valence-corrected chi connectivity index (χ1v) is 8.85. The van der Waals surface area contributed by atoms with Gasteiger partial charge < -0.3 is 0 Å². The molecule has 0 fully saturated rings. The number of hydroxylamine groups is 1. The normalized spacial score (nSPS) is 11.8. The summed E-state index contributed by atoms with van der Waals surface area (Å²) in [7, 11) is -3.81. The highest BCUT2D eigenvalue weighted by molar-refractivity contribution is 7.89. The summed E-state index contributed by atoms with van der Waals surface area (Å²) < 4.78 is 26.7. The molecule has 23 heavy (non-hydrogen) atoms. The lowest BCUT2D eigenvalue weighted by Gasteiger charge is -2.21. The van der Waals surface area contributed by atoms with E-state index in [0.29, 0.717) is 6.42 Å². The van der Waals surface area contributed by atoms with E-state index in [0.717, 1.165) is 21.5 Å². The van der Waals surface area contributed by atoms with Gasteiger partial charge in [-0.1, -0.05) is 43.7 Å². The summed E-state index contributed by atoms with van der Waals surface area (Å²) in [5.74, 6) is -0.759. The quantitative estimate of drug-likeness (QED) is 0.599. The third-order valence-electron chi connectivity index (χ3n) is 3.56. The number of nitrogens with zero attached hydrogens (tertiary/aromatic N) is 1. The summed E-state index contributed by atoms with van der Waals surface area (Å²) in [6, 6.07) is 12.3. The Morgan fingerprint density at radius 2 is 1.87 bits per heavy atom. The summed E-state index contributed by atoms with van der Waals surface area (Å²) in [4.78, 5) is 11.5. The predicted molar refractivity (Wildman–Crippen MR) is 87.5 cm³/mol. The van der Waals surface area contributed by atoms with Crippen molar-refractivity contribution in [3.8, 4) is 0 Å². The van der Waals surface area contributed by atoms with E-state index < -0.39 is 22.5 Å². The van der Waals surface area contributed by atoms with Crippen LogP contribution in [0.15, 0.2) is 47.4 Å². The highest BCUT2D eigenvalue weighted by Gasteiger charge is 2.26. The molecule has 0 spiro atoms. The van der Waals surface area contributed by atoms with E-state index >= 15 is 0 Å². The molecule has 2 aromatic rings. The number of rotatable bonds is 7. The maximum absolute atomic E-state index is 12.8. The monoisotopic (exact) mass is 336 g/mol. The van der Waals surface area contributed by atoms with Crippen LogP contribution in [-0.2, 0) is 14.8 Å². The fourth-order valence-electron chi connectivity index (χ4n) is 2.29. The first kappa shape index (κ1) is 17.4. The fourth-order valence-corrected chi connectivity index (χ4v) is 3.76. The van der Waals surface area contributed by atoms with Crippen LogP contribution in [0.5, 0.6) is 0 Å². The molecule has 7 heteroatoms. The largest absolute Gasteiger partial charge is 0.289 e. The Balaban J connectivity index is 2.38. The SMILES string of the molecule is CCCCN(CC(=O)NO)S(=O)(=O)c1ccc2ccccc2c1. The minimum atomic E-state index is -3.81. The number of sulfonamides is 1. The summed E-state index contributed by atoms with van der Waals surface area (Å²) in [5, 5.41) is 10.4. The maximum atomic E-state index is 12.8. The number of amides is 1. The van der Waals surface area contributed by atoms with E-state index in [4.69, 9.17) is 5.21 Å². The molecule has 124 valence electrons. The third-order valence-corrected chi connectivity index (χ3v) is 5.41. The topological polar surface area (TPSA) is 86.7 Å². The Hall–Kier alpha value is -1.96. The van der Waals surface area contributed by atoms with Gasteiger partial charge in [-0.2, -0.15) is 4.31 Å². The van der Waals surface area contributed by atoms with Gasteiger partial charge in [0.05, 0.1) is 11.4 Å². The second-order valence-corrected chi connectivity index (χ2v) is 7.17. The van der Waals surface area contributed by atoms with Gasteiger partial charge in [-0.3, -0.25) is 10.0 Å². The van der Waals surface area contributed by atoms with Crippen molar-refractivity contribution in [2.75, 3.05) is 13.1 Å². The summed E-state index contributed by atoms with van der Waals surface area (Å²) in [6.07, 6.45) is 1.43. The third kappa shape index (κ3) is 4.07. The van der Waals surface area contributed by atoms with E-state index in [9.17, 15) is 13.2 Å². The van der Waals surface area contributed by atoms with Crippen LogP contribution >= 0.6 is 0 Å². The number of benzene rings is 2. The molecule has 2 N–H and O–H groups in total. The van der Waals surface area contributed by atoms with Crippen LogP contribution in [0.4, 0.5) is 0 Å². The van der Waals surface area contributed by atoms with E-state index in [1.165, 1.54) is 11.5 Å². The van der Waals surface area contributed by atoms with Gasteiger partial charge in [0.2, 0.25) is 10.0 Å². The molecule has 0 saturated carbocycles. The Bertz CT molecular complexity index is 790. The molecule has 0 heterocycles. The van der Waals surface area contributed by atoms with Crippen molar-refractivity contribution in [2.45, 2.75) is 24.7 Å². The summed E-state index contributed by atoms with van der Waals surface area (Å²) >= 11 is 0. The molecule has 2 aromatic carbocycles. The van der Waals surface area contributed by atoms with Gasteiger partial charge in [-0.15, -0.1) is 0 Å². The van der Waals surface area contributed by atoms with Crippen molar-refractivity contribution < 1.29 is 18.4 Å². The number of fused-ring (bicyclic) bond motifs is 1. The molecule has 1 amide bonds. The number of hydrogen-bond donors (Lipinski definition) is 2. The molecular weight excluding hydrogens is 316 g/mol. The van der Waals surface area contributed by atoms with Crippen molar-refractivity contribution in [3.05, 3.63) is 42.5 Å². The Kier molecular flexibility index (Phi) is 5.70. The van der Waals surface area contributed by atoms with Gasteiger partial charge in [0.25, 0.3) is 5.91 Å². The first-order valence-electron chi connectivity index (χ1n) is 7.41. The molecular formula is C16H20N2O4S. The average Bonchev–Trinajstić information content (AvgIpc) is 2.57. The van der Waals surface area contributed by atoms with E-state index in [2.05, 4.69) is 0 Å². The molecule has 0 radical (unpaired) electrons. The van der Waals surface area contributed by atoms with Crippen molar-refractivity contribution in [3.63, 3.8) is 0 Å². The Morgan fingerprint density at radius 1 is 1.17 bits per heavy atom. The average molecular weight is 336 g/mol. The second-order valence-electron chi connectivity index (χ2n) is 5.24. The lowest BCUT2D eigenvalue weighted by Crippen LogP contribution is -2.40. The lowest BCUT2D eigenvalue weighted by atomic mass is 10.1. The van der Waals surface area contributed by atoms with Crippen molar-refractivity contribution in [1.29, 1.82) is 0 Å². The highest BCUT2D eigenvalue weighted by Crippen LogP contribution is 2.22. The molecule has 0 aliphatic rings. The standard InChI is InChI=1S/C16H20N2O4S/c1-2-3-10-18(12-16(19)17-20)23(21,22)15-9-8-13-6-4-5-7-14(13)11-15/h4-9,11,20H,2-3,10,12H2,1H3,(H,17,19). The van der Waals surface area contributed by atoms with Gasteiger partial charge in [0.15, 0.2) is 0 Å². The van der Waals surface area contributed by atoms with Gasteiger partial charge in [0, 0.05) is 6.54 Å². The van der Waals surface area contributed by atoms with Gasteiger partial charge >= 0.3 is 0 Å². The van der Waals surface area contributed by atoms with Gasteiger partial charge in [-0.25, -0.2) is 13.9 Å². The van der Waals surface area contributed by atoms with Gasteiger partial charge in [0.1, 0.15) is 0 Å². The van der Waals surface area contributed by atoms with E-state index in [1.54, 1.807) is 12.1 Å². The number of unbranched alkanes of at least 4 members (excludes halogenated alkanes) is 1. The predicted octanol–water partition coefficient (Wildman–Crippen LogP) is 2.14. The second kappa shape index (κ2) is 7.54. The van der Waals surface area contributed by atoms with Crippen LogP contribution in [-0.4, -0.2) is 36.9 Å². The zero-order chi connectivity index (χ0) is 16.9. The highest BCUT2D eigenvalue weighted by atomic mass is 32.2. The number of carbonyl (C=O) groups excluding carboxylic acids is 1. The van der Waals surface area contributed by atoms with Crippen molar-refractivity contribution in [2.24, 2.45) is 0 Å². The first-order chi connectivity index (χ1) is 11.0. The fraction of sp³-hybridized carbons (Fsp3) is 0.312. The van der Waals surface area contributed by atoms with E-state index in [1.807, 2.05) is 31.2 Å². The van der Waals surface area contributed by atoms with Gasteiger partial charge in [-0.05, 0) is 29.3 Å². The van der Waals surface area contributed by atoms with Crippen LogP contribution in [0.2, 0.25) is 0 Å². The molecule has 0 aromatic heterocycles. The van der Waals surface area contributed by atoms with Crippen LogP contribution in [0.1, 0.15) is 19.8 Å². The molecule has 0 saturated heterocycles. The molecule has 0 unspecified atom stereocenters. The smallest absolute Gasteiger partial charge is 0.258 e. The maximum Gasteiger partial charge on any atom is 0.258 e. The lowest BCUT2D eigenvalue weighted by molar-refractivity contribution is -0.129. The van der Waals surface area contributed by atoms with Crippen LogP contribution in [0, 0.1) is 0 Å². The van der Waals surface area contributed by atoms with Crippen LogP contribution in [0.3, 0.4) is 0 Å². The number of nitrogens with one attached hydrogen (secondary N) is 1.